The molecule has 0 bridgehead atoms. The zero-order valence-corrected chi connectivity index (χ0v) is 12.2. The maximum Gasteiger partial charge on any atom is 0.265 e. The van der Waals surface area contributed by atoms with Crippen LogP contribution in [0.3, 0.4) is 0 Å². The third-order valence-corrected chi connectivity index (χ3v) is 4.43. The van der Waals surface area contributed by atoms with Gasteiger partial charge in [0.1, 0.15) is 5.75 Å². The molecule has 0 aliphatic carbocycles. The first kappa shape index (κ1) is 12.9. The van der Waals surface area contributed by atoms with E-state index in [-0.39, 0.29) is 11.7 Å². The molecule has 2 aromatic rings. The molecule has 0 radical (unpaired) electrons. The second-order valence-corrected chi connectivity index (χ2v) is 5.50. The van der Waals surface area contributed by atoms with Crippen molar-refractivity contribution in [3.05, 3.63) is 53.6 Å². The Bertz CT molecular complexity index is 830. The standard InChI is InChI=1S/C17H14N2O3/c1-19-14-8-7-10(22-2)9-12(14)17(16(19)21)15(20)11-5-3-4-6-13(11)18-17/h3-9,18H,1-2H3/t17-/m1/s1. The Kier molecular flexibility index (Phi) is 2.40. The summed E-state index contributed by atoms with van der Waals surface area (Å²) >= 11 is 0. The van der Waals surface area contributed by atoms with Gasteiger partial charge < -0.3 is 15.0 Å². The van der Waals surface area contributed by atoms with E-state index in [1.807, 2.05) is 12.1 Å². The monoisotopic (exact) mass is 294 g/mol. The Labute approximate surface area is 127 Å². The molecule has 0 fully saturated rings. The molecule has 1 amide bonds. The number of Topliss-reactive ketones (excluding diaryl/α,β-unsaturated/α-hetero) is 1. The van der Waals surface area contributed by atoms with Gasteiger partial charge in [-0.1, -0.05) is 12.1 Å². The average Bonchev–Trinajstić information content (AvgIpc) is 2.97. The van der Waals surface area contributed by atoms with E-state index < -0.39 is 5.54 Å². The van der Waals surface area contributed by atoms with Gasteiger partial charge in [0.25, 0.3) is 5.91 Å². The molecule has 1 atom stereocenters. The van der Waals surface area contributed by atoms with Crippen LogP contribution < -0.4 is 15.0 Å². The minimum absolute atomic E-state index is 0.216. The topological polar surface area (TPSA) is 58.6 Å². The Morgan fingerprint density at radius 1 is 1.14 bits per heavy atom. The molecule has 0 unspecified atom stereocenters. The lowest BCUT2D eigenvalue weighted by Gasteiger charge is -2.22. The molecule has 2 aromatic carbocycles. The van der Waals surface area contributed by atoms with E-state index in [1.165, 1.54) is 4.90 Å². The van der Waals surface area contributed by atoms with Crippen LogP contribution in [0.25, 0.3) is 0 Å². The molecule has 110 valence electrons. The van der Waals surface area contributed by atoms with Crippen molar-refractivity contribution in [3.63, 3.8) is 0 Å². The van der Waals surface area contributed by atoms with Crippen LogP contribution in [0.2, 0.25) is 0 Å². The van der Waals surface area contributed by atoms with E-state index in [9.17, 15) is 9.59 Å². The average molecular weight is 294 g/mol. The third kappa shape index (κ3) is 1.33. The van der Waals surface area contributed by atoms with Crippen molar-refractivity contribution < 1.29 is 14.3 Å². The summed E-state index contributed by atoms with van der Waals surface area (Å²) in [4.78, 5) is 27.4. The van der Waals surface area contributed by atoms with Crippen molar-refractivity contribution >= 4 is 23.1 Å². The van der Waals surface area contributed by atoms with Crippen molar-refractivity contribution in [1.29, 1.82) is 0 Å². The second-order valence-electron chi connectivity index (χ2n) is 5.50. The number of hydrogen-bond acceptors (Lipinski definition) is 4. The molecule has 2 heterocycles. The lowest BCUT2D eigenvalue weighted by molar-refractivity contribution is -0.120. The van der Waals surface area contributed by atoms with Gasteiger partial charge in [-0.15, -0.1) is 0 Å². The maximum absolute atomic E-state index is 13.0. The van der Waals surface area contributed by atoms with E-state index in [4.69, 9.17) is 4.74 Å². The van der Waals surface area contributed by atoms with Gasteiger partial charge in [-0.25, -0.2) is 0 Å². The zero-order chi connectivity index (χ0) is 15.5. The van der Waals surface area contributed by atoms with Gasteiger partial charge in [0.2, 0.25) is 11.3 Å². The lowest BCUT2D eigenvalue weighted by Crippen LogP contribution is -2.47. The molecule has 0 aromatic heterocycles. The normalized spacial score (nSPS) is 21.8. The summed E-state index contributed by atoms with van der Waals surface area (Å²) in [6, 6.07) is 12.5. The van der Waals surface area contributed by atoms with Gasteiger partial charge in [-0.2, -0.15) is 0 Å². The Morgan fingerprint density at radius 2 is 1.91 bits per heavy atom. The highest BCUT2D eigenvalue weighted by molar-refractivity contribution is 6.31. The first-order valence-corrected chi connectivity index (χ1v) is 6.98. The smallest absolute Gasteiger partial charge is 0.265 e. The molecule has 1 N–H and O–H groups in total. The summed E-state index contributed by atoms with van der Waals surface area (Å²) in [6.45, 7) is 0. The van der Waals surface area contributed by atoms with Gasteiger partial charge >= 0.3 is 0 Å². The first-order chi connectivity index (χ1) is 10.6. The molecular weight excluding hydrogens is 280 g/mol. The van der Waals surface area contributed by atoms with E-state index in [2.05, 4.69) is 5.32 Å². The molecule has 2 aliphatic rings. The minimum atomic E-state index is -1.37. The van der Waals surface area contributed by atoms with Crippen LogP contribution in [-0.4, -0.2) is 25.8 Å². The second kappa shape index (κ2) is 4.10. The van der Waals surface area contributed by atoms with Gasteiger partial charge in [0, 0.05) is 23.9 Å². The van der Waals surface area contributed by atoms with Crippen molar-refractivity contribution in [1.82, 2.24) is 0 Å². The number of carbonyl (C=O) groups excluding carboxylic acids is 2. The largest absolute Gasteiger partial charge is 0.497 e. The summed E-state index contributed by atoms with van der Waals surface area (Å²) < 4.78 is 5.26. The highest BCUT2D eigenvalue weighted by Gasteiger charge is 2.59. The fraction of sp³-hybridized carbons (Fsp3) is 0.176. The number of methoxy groups -OCH3 is 1. The number of amides is 1. The Hall–Kier alpha value is -2.82. The van der Waals surface area contributed by atoms with Gasteiger partial charge in [0.05, 0.1) is 12.8 Å². The van der Waals surface area contributed by atoms with E-state index in [0.29, 0.717) is 22.6 Å². The van der Waals surface area contributed by atoms with Crippen molar-refractivity contribution in [2.45, 2.75) is 5.54 Å². The molecule has 1 spiro atoms. The van der Waals surface area contributed by atoms with E-state index >= 15 is 0 Å². The Balaban J connectivity index is 1.98. The fourth-order valence-electron chi connectivity index (χ4n) is 3.30. The van der Waals surface area contributed by atoms with Crippen LogP contribution in [0.1, 0.15) is 15.9 Å². The predicted octanol–water partition coefficient (Wildman–Crippen LogP) is 2.18. The number of nitrogens with one attached hydrogen (secondary N) is 1. The molecule has 5 nitrogen and oxygen atoms in total. The van der Waals surface area contributed by atoms with Crippen LogP contribution in [-0.2, 0) is 10.3 Å². The number of carbonyl (C=O) groups is 2. The van der Waals surface area contributed by atoms with Crippen molar-refractivity contribution in [2.75, 3.05) is 24.4 Å². The number of benzene rings is 2. The molecule has 0 saturated heterocycles. The van der Waals surface area contributed by atoms with Gasteiger partial charge in [-0.05, 0) is 30.3 Å². The Morgan fingerprint density at radius 3 is 2.64 bits per heavy atom. The van der Waals surface area contributed by atoms with Crippen molar-refractivity contribution in [2.24, 2.45) is 0 Å². The van der Waals surface area contributed by atoms with Crippen LogP contribution in [0.4, 0.5) is 11.4 Å². The van der Waals surface area contributed by atoms with Crippen LogP contribution in [0.5, 0.6) is 5.75 Å². The van der Waals surface area contributed by atoms with Gasteiger partial charge in [0.15, 0.2) is 0 Å². The predicted molar refractivity (Wildman–Crippen MR) is 82.5 cm³/mol. The SMILES string of the molecule is COc1ccc2c(c1)[C@]1(Nc3ccccc3C1=O)C(=O)N2C. The minimum Gasteiger partial charge on any atom is -0.497 e. The summed E-state index contributed by atoms with van der Waals surface area (Å²) in [5, 5.41) is 3.15. The molecular formula is C17H14N2O3. The number of anilines is 2. The van der Waals surface area contributed by atoms with Crippen LogP contribution >= 0.6 is 0 Å². The molecule has 5 heteroatoms. The van der Waals surface area contributed by atoms with Crippen LogP contribution in [0.15, 0.2) is 42.5 Å². The van der Waals surface area contributed by atoms with E-state index in [1.54, 1.807) is 44.5 Å². The number of ether oxygens (including phenoxy) is 1. The highest BCUT2D eigenvalue weighted by atomic mass is 16.5. The summed E-state index contributed by atoms with van der Waals surface area (Å²) in [6.07, 6.45) is 0. The molecule has 22 heavy (non-hydrogen) atoms. The number of rotatable bonds is 1. The summed E-state index contributed by atoms with van der Waals surface area (Å²) in [5.74, 6) is 0.135. The number of ketones is 1. The first-order valence-electron chi connectivity index (χ1n) is 6.98. The fourth-order valence-corrected chi connectivity index (χ4v) is 3.30. The zero-order valence-electron chi connectivity index (χ0n) is 12.2. The number of hydrogen-bond donors (Lipinski definition) is 1. The van der Waals surface area contributed by atoms with E-state index in [0.717, 1.165) is 5.69 Å². The van der Waals surface area contributed by atoms with Crippen LogP contribution in [0, 0.1) is 0 Å². The third-order valence-electron chi connectivity index (χ3n) is 4.43. The quantitative estimate of drug-likeness (QED) is 0.819. The highest BCUT2D eigenvalue weighted by Crippen LogP contribution is 2.49. The lowest BCUT2D eigenvalue weighted by atomic mass is 9.87. The van der Waals surface area contributed by atoms with Gasteiger partial charge in [-0.3, -0.25) is 9.59 Å². The number of fused-ring (bicyclic) bond motifs is 3. The van der Waals surface area contributed by atoms with Crippen molar-refractivity contribution in [3.8, 4) is 5.75 Å². The molecule has 0 saturated carbocycles. The number of likely N-dealkylation sites (N-methyl/N-ethyl adjacent to an activating group) is 1. The molecule has 2 aliphatic heterocycles. The number of para-hydroxylation sites is 1. The molecule has 4 rings (SSSR count). The summed E-state index contributed by atoms with van der Waals surface area (Å²) in [5.41, 5.74) is 1.22. The summed E-state index contributed by atoms with van der Waals surface area (Å²) in [7, 11) is 3.24. The maximum atomic E-state index is 13.0. The number of nitrogens with zero attached hydrogens (tertiary/aromatic N) is 1.